The molecule has 1 N–H and O–H groups in total. The Bertz CT molecular complexity index is 682. The van der Waals surface area contributed by atoms with Gasteiger partial charge in [-0.25, -0.2) is 0 Å². The van der Waals surface area contributed by atoms with Crippen molar-refractivity contribution >= 4 is 5.57 Å². The van der Waals surface area contributed by atoms with Gasteiger partial charge in [0.2, 0.25) is 0 Å². The zero-order chi connectivity index (χ0) is 17.5. The fraction of sp³-hybridized carbons (Fsp3) is 0.391. The fourth-order valence-electron chi connectivity index (χ4n) is 3.31. The molecule has 0 amide bonds. The Labute approximate surface area is 147 Å². The molecule has 24 heavy (non-hydrogen) atoms. The van der Waals surface area contributed by atoms with Crippen LogP contribution in [-0.2, 0) is 0 Å². The van der Waals surface area contributed by atoms with Crippen molar-refractivity contribution < 1.29 is 0 Å². The second-order valence-electron chi connectivity index (χ2n) is 6.77. The SMILES string of the molecule is CCC/C(=C(/C)C(C)CNC)c1cc(-c2ccccc2)ccc1C. The van der Waals surface area contributed by atoms with Crippen LogP contribution >= 0.6 is 0 Å². The highest BCUT2D eigenvalue weighted by Crippen LogP contribution is 2.33. The van der Waals surface area contributed by atoms with Crippen molar-refractivity contribution in [3.8, 4) is 11.1 Å². The first kappa shape index (κ1) is 18.5. The molecule has 2 aromatic carbocycles. The van der Waals surface area contributed by atoms with E-state index in [0.29, 0.717) is 5.92 Å². The van der Waals surface area contributed by atoms with Crippen molar-refractivity contribution in [2.45, 2.75) is 40.5 Å². The second kappa shape index (κ2) is 8.84. The summed E-state index contributed by atoms with van der Waals surface area (Å²) in [5.74, 6) is 0.552. The van der Waals surface area contributed by atoms with Gasteiger partial charge in [-0.1, -0.05) is 68.3 Å². The van der Waals surface area contributed by atoms with Crippen molar-refractivity contribution in [3.05, 3.63) is 65.2 Å². The summed E-state index contributed by atoms with van der Waals surface area (Å²) >= 11 is 0. The summed E-state index contributed by atoms with van der Waals surface area (Å²) in [6.45, 7) is 10.2. The average molecular weight is 322 g/mol. The number of rotatable bonds is 7. The van der Waals surface area contributed by atoms with Gasteiger partial charge in [-0.15, -0.1) is 0 Å². The van der Waals surface area contributed by atoms with Crippen molar-refractivity contribution in [1.29, 1.82) is 0 Å². The first-order chi connectivity index (χ1) is 11.6. The molecule has 1 unspecified atom stereocenters. The third-order valence-electron chi connectivity index (χ3n) is 4.90. The minimum Gasteiger partial charge on any atom is -0.319 e. The summed E-state index contributed by atoms with van der Waals surface area (Å²) < 4.78 is 0. The van der Waals surface area contributed by atoms with E-state index >= 15 is 0 Å². The lowest BCUT2D eigenvalue weighted by Crippen LogP contribution is -2.18. The van der Waals surface area contributed by atoms with E-state index in [1.807, 2.05) is 7.05 Å². The van der Waals surface area contributed by atoms with Crippen LogP contribution in [0.3, 0.4) is 0 Å². The van der Waals surface area contributed by atoms with Crippen molar-refractivity contribution in [1.82, 2.24) is 5.32 Å². The van der Waals surface area contributed by atoms with Gasteiger partial charge in [0.15, 0.2) is 0 Å². The summed E-state index contributed by atoms with van der Waals surface area (Å²) in [5, 5.41) is 3.31. The van der Waals surface area contributed by atoms with Gasteiger partial charge in [0.05, 0.1) is 0 Å². The van der Waals surface area contributed by atoms with E-state index in [-0.39, 0.29) is 0 Å². The van der Waals surface area contributed by atoms with Crippen LogP contribution in [0.5, 0.6) is 0 Å². The van der Waals surface area contributed by atoms with Crippen molar-refractivity contribution in [3.63, 3.8) is 0 Å². The van der Waals surface area contributed by atoms with Crippen LogP contribution in [0.1, 0.15) is 44.7 Å². The highest BCUT2D eigenvalue weighted by atomic mass is 14.8. The molecule has 0 spiro atoms. The van der Waals surface area contributed by atoms with Crippen LogP contribution < -0.4 is 5.32 Å². The smallest absolute Gasteiger partial charge is 0.00113 e. The molecule has 0 heterocycles. The molecule has 0 aliphatic rings. The number of allylic oxidation sites excluding steroid dienone is 1. The van der Waals surface area contributed by atoms with Gasteiger partial charge in [0.25, 0.3) is 0 Å². The average Bonchev–Trinajstić information content (AvgIpc) is 2.61. The molecule has 0 bridgehead atoms. The van der Waals surface area contributed by atoms with E-state index in [9.17, 15) is 0 Å². The molecular weight excluding hydrogens is 290 g/mol. The Hall–Kier alpha value is -1.86. The van der Waals surface area contributed by atoms with Crippen LogP contribution in [0.25, 0.3) is 16.7 Å². The predicted octanol–water partition coefficient (Wildman–Crippen LogP) is 6.09. The van der Waals surface area contributed by atoms with Crippen LogP contribution in [0.15, 0.2) is 54.1 Å². The van der Waals surface area contributed by atoms with Gasteiger partial charge in [-0.2, -0.15) is 0 Å². The van der Waals surface area contributed by atoms with E-state index < -0.39 is 0 Å². The zero-order valence-corrected chi connectivity index (χ0v) is 15.8. The van der Waals surface area contributed by atoms with E-state index in [0.717, 1.165) is 13.0 Å². The monoisotopic (exact) mass is 321 g/mol. The minimum atomic E-state index is 0.552. The van der Waals surface area contributed by atoms with Crippen LogP contribution in [0.2, 0.25) is 0 Å². The van der Waals surface area contributed by atoms with Crippen molar-refractivity contribution in [2.24, 2.45) is 5.92 Å². The summed E-state index contributed by atoms with van der Waals surface area (Å²) in [7, 11) is 2.03. The molecule has 128 valence electrons. The van der Waals surface area contributed by atoms with Crippen LogP contribution in [0.4, 0.5) is 0 Å². The zero-order valence-electron chi connectivity index (χ0n) is 15.8. The van der Waals surface area contributed by atoms with Crippen molar-refractivity contribution in [2.75, 3.05) is 13.6 Å². The quantitative estimate of drug-likeness (QED) is 0.650. The maximum atomic E-state index is 3.31. The number of benzene rings is 2. The maximum Gasteiger partial charge on any atom is 0.00113 e. The third-order valence-corrected chi connectivity index (χ3v) is 4.90. The molecule has 0 aliphatic heterocycles. The molecule has 1 heteroatoms. The third kappa shape index (κ3) is 4.36. The Morgan fingerprint density at radius 1 is 1.04 bits per heavy atom. The lowest BCUT2D eigenvalue weighted by Gasteiger charge is -2.20. The largest absolute Gasteiger partial charge is 0.319 e. The molecule has 0 aliphatic carbocycles. The molecule has 2 rings (SSSR count). The van der Waals surface area contributed by atoms with Gasteiger partial charge >= 0.3 is 0 Å². The molecule has 2 aromatic rings. The van der Waals surface area contributed by atoms with Gasteiger partial charge in [0.1, 0.15) is 0 Å². The number of hydrogen-bond donors (Lipinski definition) is 1. The number of aryl methyl sites for hydroxylation is 1. The van der Waals surface area contributed by atoms with E-state index in [1.165, 1.54) is 39.8 Å². The number of hydrogen-bond acceptors (Lipinski definition) is 1. The van der Waals surface area contributed by atoms with Gasteiger partial charge in [-0.05, 0) is 67.1 Å². The second-order valence-corrected chi connectivity index (χ2v) is 6.77. The summed E-state index contributed by atoms with van der Waals surface area (Å²) in [4.78, 5) is 0. The van der Waals surface area contributed by atoms with E-state index in [1.54, 1.807) is 0 Å². The molecule has 0 radical (unpaired) electrons. The Morgan fingerprint density at radius 3 is 2.38 bits per heavy atom. The van der Waals surface area contributed by atoms with Gasteiger partial charge in [0, 0.05) is 6.54 Å². The topological polar surface area (TPSA) is 12.0 Å². The highest BCUT2D eigenvalue weighted by molar-refractivity contribution is 5.76. The molecule has 0 aromatic heterocycles. The number of nitrogens with one attached hydrogen (secondary N) is 1. The first-order valence-corrected chi connectivity index (χ1v) is 9.09. The van der Waals surface area contributed by atoms with Gasteiger partial charge < -0.3 is 5.32 Å². The Morgan fingerprint density at radius 2 is 1.75 bits per heavy atom. The summed E-state index contributed by atoms with van der Waals surface area (Å²) in [6, 6.07) is 17.6. The molecular formula is C23H31N. The Kier molecular flexibility index (Phi) is 6.81. The minimum absolute atomic E-state index is 0.552. The highest BCUT2D eigenvalue weighted by Gasteiger charge is 2.14. The molecule has 0 saturated carbocycles. The maximum absolute atomic E-state index is 3.31. The molecule has 1 atom stereocenters. The summed E-state index contributed by atoms with van der Waals surface area (Å²) in [5.41, 5.74) is 8.41. The van der Waals surface area contributed by atoms with Crippen LogP contribution in [-0.4, -0.2) is 13.6 Å². The lowest BCUT2D eigenvalue weighted by molar-refractivity contribution is 0.618. The van der Waals surface area contributed by atoms with E-state index in [4.69, 9.17) is 0 Å². The lowest BCUT2D eigenvalue weighted by atomic mass is 9.86. The normalized spacial score (nSPS) is 13.5. The Balaban J connectivity index is 2.52. The molecule has 0 saturated heterocycles. The van der Waals surface area contributed by atoms with Crippen LogP contribution in [0, 0.1) is 12.8 Å². The van der Waals surface area contributed by atoms with E-state index in [2.05, 4.69) is 81.5 Å². The first-order valence-electron chi connectivity index (χ1n) is 9.09. The predicted molar refractivity (Wildman–Crippen MR) is 107 cm³/mol. The summed E-state index contributed by atoms with van der Waals surface area (Å²) in [6.07, 6.45) is 2.31. The fourth-order valence-corrected chi connectivity index (χ4v) is 3.31. The molecule has 1 nitrogen and oxygen atoms in total. The van der Waals surface area contributed by atoms with Gasteiger partial charge in [-0.3, -0.25) is 0 Å². The molecule has 0 fully saturated rings. The standard InChI is InChI=1S/C23H31N/c1-6-10-22(19(4)18(3)16-24-5)23-15-21(14-13-17(23)2)20-11-8-7-9-12-20/h7-9,11-15,18,24H,6,10,16H2,1-5H3/b22-19+.